The van der Waals surface area contributed by atoms with Crippen LogP contribution < -0.4 is 0 Å². The third kappa shape index (κ3) is 8.37. The van der Waals surface area contributed by atoms with Crippen LogP contribution in [0.2, 0.25) is 0 Å². The molecule has 2 nitrogen and oxygen atoms in total. The SMILES string of the molecule is CCCCCCCCCC(=O)C(CC)N(C)C. The van der Waals surface area contributed by atoms with Crippen LogP contribution in [0, 0.1) is 0 Å². The first kappa shape index (κ1) is 16.6. The van der Waals surface area contributed by atoms with Crippen molar-refractivity contribution in [1.29, 1.82) is 0 Å². The van der Waals surface area contributed by atoms with Gasteiger partial charge in [-0.3, -0.25) is 9.69 Å². The zero-order chi connectivity index (χ0) is 13.1. The van der Waals surface area contributed by atoms with E-state index in [0.717, 1.165) is 19.3 Å². The van der Waals surface area contributed by atoms with Crippen molar-refractivity contribution in [3.8, 4) is 0 Å². The fourth-order valence-corrected chi connectivity index (χ4v) is 2.30. The van der Waals surface area contributed by atoms with Crippen molar-refractivity contribution in [1.82, 2.24) is 4.90 Å². The summed E-state index contributed by atoms with van der Waals surface area (Å²) in [7, 11) is 3.99. The second-order valence-corrected chi connectivity index (χ2v) is 5.23. The van der Waals surface area contributed by atoms with Crippen molar-refractivity contribution in [2.75, 3.05) is 14.1 Å². The standard InChI is InChI=1S/C15H31NO/c1-5-7-8-9-10-11-12-13-15(17)14(6-2)16(3)4/h14H,5-13H2,1-4H3. The summed E-state index contributed by atoms with van der Waals surface area (Å²) in [5.74, 6) is 0.422. The lowest BCUT2D eigenvalue weighted by molar-refractivity contribution is -0.123. The monoisotopic (exact) mass is 241 g/mol. The van der Waals surface area contributed by atoms with Crippen molar-refractivity contribution in [2.45, 2.75) is 77.7 Å². The molecule has 0 aromatic carbocycles. The maximum Gasteiger partial charge on any atom is 0.149 e. The molecule has 0 aliphatic heterocycles. The molecule has 0 spiro atoms. The largest absolute Gasteiger partial charge is 0.300 e. The van der Waals surface area contributed by atoms with Crippen LogP contribution in [0.4, 0.5) is 0 Å². The van der Waals surface area contributed by atoms with Gasteiger partial charge in [-0.05, 0) is 26.9 Å². The van der Waals surface area contributed by atoms with E-state index in [4.69, 9.17) is 0 Å². The van der Waals surface area contributed by atoms with Crippen LogP contribution in [-0.4, -0.2) is 30.8 Å². The minimum atomic E-state index is 0.134. The van der Waals surface area contributed by atoms with Crippen LogP contribution >= 0.6 is 0 Å². The molecule has 0 radical (unpaired) electrons. The lowest BCUT2D eigenvalue weighted by Gasteiger charge is -2.21. The van der Waals surface area contributed by atoms with E-state index in [1.54, 1.807) is 0 Å². The van der Waals surface area contributed by atoms with E-state index in [1.165, 1.54) is 38.5 Å². The van der Waals surface area contributed by atoms with Crippen LogP contribution in [0.5, 0.6) is 0 Å². The van der Waals surface area contributed by atoms with E-state index >= 15 is 0 Å². The summed E-state index contributed by atoms with van der Waals surface area (Å²) < 4.78 is 0. The predicted octanol–water partition coefficient (Wildman–Crippen LogP) is 4.04. The van der Waals surface area contributed by atoms with Gasteiger partial charge in [-0.2, -0.15) is 0 Å². The topological polar surface area (TPSA) is 20.3 Å². The summed E-state index contributed by atoms with van der Waals surface area (Å²) >= 11 is 0. The molecule has 0 bridgehead atoms. The lowest BCUT2D eigenvalue weighted by Crippen LogP contribution is -2.34. The second kappa shape index (κ2) is 10.8. The van der Waals surface area contributed by atoms with E-state index in [2.05, 4.69) is 13.8 Å². The van der Waals surface area contributed by atoms with Crippen molar-refractivity contribution in [3.05, 3.63) is 0 Å². The maximum absolute atomic E-state index is 11.9. The average Bonchev–Trinajstić information content (AvgIpc) is 2.28. The highest BCUT2D eigenvalue weighted by atomic mass is 16.1. The third-order valence-electron chi connectivity index (χ3n) is 3.41. The Kier molecular flexibility index (Phi) is 10.5. The number of ketones is 1. The molecule has 0 N–H and O–H groups in total. The molecule has 1 atom stereocenters. The van der Waals surface area contributed by atoms with E-state index < -0.39 is 0 Å². The fourth-order valence-electron chi connectivity index (χ4n) is 2.30. The first-order valence-electron chi connectivity index (χ1n) is 7.32. The highest BCUT2D eigenvalue weighted by Gasteiger charge is 2.17. The lowest BCUT2D eigenvalue weighted by atomic mass is 10.0. The molecular weight excluding hydrogens is 210 g/mol. The Morgan fingerprint density at radius 1 is 0.941 bits per heavy atom. The van der Waals surface area contributed by atoms with Gasteiger partial charge in [0.2, 0.25) is 0 Å². The predicted molar refractivity (Wildman–Crippen MR) is 75.4 cm³/mol. The van der Waals surface area contributed by atoms with Crippen molar-refractivity contribution in [2.24, 2.45) is 0 Å². The van der Waals surface area contributed by atoms with E-state index in [-0.39, 0.29) is 6.04 Å². The van der Waals surface area contributed by atoms with Crippen LogP contribution in [-0.2, 0) is 4.79 Å². The van der Waals surface area contributed by atoms with Gasteiger partial charge >= 0.3 is 0 Å². The minimum absolute atomic E-state index is 0.134. The minimum Gasteiger partial charge on any atom is -0.300 e. The summed E-state index contributed by atoms with van der Waals surface area (Å²) in [6.45, 7) is 4.33. The average molecular weight is 241 g/mol. The summed E-state index contributed by atoms with van der Waals surface area (Å²) in [6.07, 6.45) is 10.7. The molecule has 0 fully saturated rings. The molecule has 0 aliphatic rings. The number of carbonyl (C=O) groups is 1. The Morgan fingerprint density at radius 2 is 1.47 bits per heavy atom. The summed E-state index contributed by atoms with van der Waals surface area (Å²) in [4.78, 5) is 14.0. The van der Waals surface area contributed by atoms with Crippen LogP contribution in [0.3, 0.4) is 0 Å². The number of Topliss-reactive ketones (excluding diaryl/α,β-unsaturated/α-hetero) is 1. The quantitative estimate of drug-likeness (QED) is 0.509. The van der Waals surface area contributed by atoms with Gasteiger partial charge in [0.05, 0.1) is 6.04 Å². The normalized spacial score (nSPS) is 13.0. The third-order valence-corrected chi connectivity index (χ3v) is 3.41. The number of hydrogen-bond acceptors (Lipinski definition) is 2. The van der Waals surface area contributed by atoms with Gasteiger partial charge in [0.25, 0.3) is 0 Å². The molecule has 1 unspecified atom stereocenters. The molecule has 0 aromatic rings. The second-order valence-electron chi connectivity index (χ2n) is 5.23. The Hall–Kier alpha value is -0.370. The maximum atomic E-state index is 11.9. The highest BCUT2D eigenvalue weighted by molar-refractivity contribution is 5.83. The molecule has 0 rings (SSSR count). The van der Waals surface area contributed by atoms with E-state index in [0.29, 0.717) is 5.78 Å². The first-order valence-corrected chi connectivity index (χ1v) is 7.32. The smallest absolute Gasteiger partial charge is 0.149 e. The van der Waals surface area contributed by atoms with Gasteiger partial charge in [-0.1, -0.05) is 52.4 Å². The van der Waals surface area contributed by atoms with Gasteiger partial charge in [-0.15, -0.1) is 0 Å². The molecule has 0 heterocycles. The number of hydrogen-bond donors (Lipinski definition) is 0. The number of rotatable bonds is 11. The molecule has 0 aromatic heterocycles. The highest BCUT2D eigenvalue weighted by Crippen LogP contribution is 2.11. The Balaban J connectivity index is 3.50. The molecule has 0 saturated heterocycles. The van der Waals surface area contributed by atoms with Gasteiger partial charge in [0.1, 0.15) is 5.78 Å². The molecule has 0 aliphatic carbocycles. The van der Waals surface area contributed by atoms with E-state index in [1.807, 2.05) is 19.0 Å². The molecule has 2 heteroatoms. The number of likely N-dealkylation sites (N-methyl/N-ethyl adjacent to an activating group) is 1. The zero-order valence-corrected chi connectivity index (χ0v) is 12.3. The number of unbranched alkanes of at least 4 members (excludes halogenated alkanes) is 6. The molecular formula is C15H31NO. The summed E-state index contributed by atoms with van der Waals surface area (Å²) in [5.41, 5.74) is 0. The summed E-state index contributed by atoms with van der Waals surface area (Å²) in [5, 5.41) is 0. The fraction of sp³-hybridized carbons (Fsp3) is 0.933. The number of carbonyl (C=O) groups excluding carboxylic acids is 1. The van der Waals surface area contributed by atoms with Gasteiger partial charge in [0.15, 0.2) is 0 Å². The number of nitrogens with zero attached hydrogens (tertiary/aromatic N) is 1. The Bertz CT molecular complexity index is 189. The molecule has 102 valence electrons. The molecule has 17 heavy (non-hydrogen) atoms. The van der Waals surface area contributed by atoms with Gasteiger partial charge in [-0.25, -0.2) is 0 Å². The van der Waals surface area contributed by atoms with Crippen molar-refractivity contribution >= 4 is 5.78 Å². The Labute approximate surface area is 108 Å². The van der Waals surface area contributed by atoms with Crippen LogP contribution in [0.1, 0.15) is 71.6 Å². The Morgan fingerprint density at radius 3 is 1.94 bits per heavy atom. The summed E-state index contributed by atoms with van der Waals surface area (Å²) in [6, 6.07) is 0.134. The molecule has 0 saturated carbocycles. The molecule has 0 amide bonds. The van der Waals surface area contributed by atoms with E-state index in [9.17, 15) is 4.79 Å². The first-order chi connectivity index (χ1) is 8.13. The zero-order valence-electron chi connectivity index (χ0n) is 12.3. The van der Waals surface area contributed by atoms with Crippen molar-refractivity contribution in [3.63, 3.8) is 0 Å². The van der Waals surface area contributed by atoms with Crippen LogP contribution in [0.15, 0.2) is 0 Å². The van der Waals surface area contributed by atoms with Gasteiger partial charge in [0, 0.05) is 6.42 Å². The van der Waals surface area contributed by atoms with Crippen LogP contribution in [0.25, 0.3) is 0 Å². The van der Waals surface area contributed by atoms with Crippen molar-refractivity contribution < 1.29 is 4.79 Å². The van der Waals surface area contributed by atoms with Gasteiger partial charge < -0.3 is 0 Å².